The van der Waals surface area contributed by atoms with Crippen molar-refractivity contribution in [3.63, 3.8) is 0 Å². The minimum absolute atomic E-state index is 0.0745. The van der Waals surface area contributed by atoms with Crippen LogP contribution in [0, 0.1) is 0 Å². The average Bonchev–Trinajstić information content (AvgIpc) is 2.82. The van der Waals surface area contributed by atoms with Gasteiger partial charge in [-0.1, -0.05) is 25.4 Å². The van der Waals surface area contributed by atoms with Gasteiger partial charge in [-0.15, -0.1) is 0 Å². The number of nitrogens with one attached hydrogen (secondary N) is 2. The van der Waals surface area contributed by atoms with Gasteiger partial charge in [0.2, 0.25) is 0 Å². The second-order valence-electron chi connectivity index (χ2n) is 7.47. The molecule has 0 spiro atoms. The lowest BCUT2D eigenvalue weighted by atomic mass is 9.79. The van der Waals surface area contributed by atoms with Gasteiger partial charge < -0.3 is 10.2 Å². The van der Waals surface area contributed by atoms with Crippen LogP contribution in [-0.4, -0.2) is 24.0 Å². The van der Waals surface area contributed by atoms with Crippen LogP contribution in [0.1, 0.15) is 57.6 Å². The summed E-state index contributed by atoms with van der Waals surface area (Å²) in [5.74, 6) is -0.0416. The van der Waals surface area contributed by atoms with E-state index in [1.807, 2.05) is 12.1 Å². The summed E-state index contributed by atoms with van der Waals surface area (Å²) in [6, 6.07) is 3.53. The van der Waals surface area contributed by atoms with Crippen LogP contribution in [0.3, 0.4) is 0 Å². The predicted molar refractivity (Wildman–Crippen MR) is 101 cm³/mol. The fourth-order valence-corrected chi connectivity index (χ4v) is 4.13. The Hall–Kier alpha value is -2.01. The molecule has 2 aliphatic heterocycles. The maximum absolute atomic E-state index is 11.8. The number of hydrogen-bond donors (Lipinski definition) is 2. The van der Waals surface area contributed by atoms with Crippen LogP contribution < -0.4 is 15.5 Å². The molecule has 0 aliphatic carbocycles. The number of rotatable bonds is 3. The predicted octanol–water partition coefficient (Wildman–Crippen LogP) is 4.02. The lowest BCUT2D eigenvalue weighted by molar-refractivity contribution is -0.115. The van der Waals surface area contributed by atoms with Gasteiger partial charge >= 0.3 is 6.03 Å². The van der Waals surface area contributed by atoms with Crippen molar-refractivity contribution in [3.8, 4) is 0 Å². The van der Waals surface area contributed by atoms with E-state index in [4.69, 9.17) is 11.6 Å². The summed E-state index contributed by atoms with van der Waals surface area (Å²) in [4.78, 5) is 25.5. The van der Waals surface area contributed by atoms with E-state index >= 15 is 0 Å². The molecule has 2 N–H and O–H groups in total. The van der Waals surface area contributed by atoms with Crippen molar-refractivity contribution >= 4 is 35.3 Å². The third-order valence-corrected chi connectivity index (χ3v) is 5.30. The van der Waals surface area contributed by atoms with E-state index in [-0.39, 0.29) is 11.2 Å². The van der Waals surface area contributed by atoms with Crippen molar-refractivity contribution in [2.75, 3.05) is 11.4 Å². The van der Waals surface area contributed by atoms with Crippen LogP contribution in [0.4, 0.5) is 10.5 Å². The molecule has 1 aromatic rings. The molecule has 25 heavy (non-hydrogen) atoms. The molecular weight excluding hydrogens is 338 g/mol. The summed E-state index contributed by atoms with van der Waals surface area (Å²) in [5.41, 5.74) is 3.44. The van der Waals surface area contributed by atoms with E-state index in [1.54, 1.807) is 6.08 Å². The zero-order valence-electron chi connectivity index (χ0n) is 15.1. The van der Waals surface area contributed by atoms with Crippen molar-refractivity contribution in [1.82, 2.24) is 10.6 Å². The van der Waals surface area contributed by atoms with E-state index < -0.39 is 11.9 Å². The number of carbonyl (C=O) groups excluding carboxylic acids is 2. The summed E-state index contributed by atoms with van der Waals surface area (Å²) in [6.07, 6.45) is 3.75. The third kappa shape index (κ3) is 3.25. The van der Waals surface area contributed by atoms with Gasteiger partial charge in [-0.25, -0.2) is 4.79 Å². The minimum atomic E-state index is -0.505. The minimum Gasteiger partial charge on any atom is -0.366 e. The van der Waals surface area contributed by atoms with Crippen molar-refractivity contribution in [1.29, 1.82) is 0 Å². The molecule has 134 valence electrons. The molecule has 3 amide bonds. The van der Waals surface area contributed by atoms with Gasteiger partial charge in [0.05, 0.1) is 0 Å². The Labute approximate surface area is 153 Å². The van der Waals surface area contributed by atoms with Gasteiger partial charge in [0.25, 0.3) is 5.91 Å². The average molecular weight is 362 g/mol. The quantitative estimate of drug-likeness (QED) is 0.631. The highest BCUT2D eigenvalue weighted by Crippen LogP contribution is 2.45. The molecule has 0 aromatic heterocycles. The number of carbonyl (C=O) groups is 2. The van der Waals surface area contributed by atoms with Crippen LogP contribution in [0.2, 0.25) is 5.02 Å². The smallest absolute Gasteiger partial charge is 0.326 e. The van der Waals surface area contributed by atoms with Crippen LogP contribution in [0.25, 0.3) is 6.08 Å². The van der Waals surface area contributed by atoms with E-state index in [0.29, 0.717) is 10.9 Å². The maximum Gasteiger partial charge on any atom is 0.326 e. The summed E-state index contributed by atoms with van der Waals surface area (Å²) >= 11 is 6.51. The lowest BCUT2D eigenvalue weighted by Gasteiger charge is -2.47. The van der Waals surface area contributed by atoms with Crippen molar-refractivity contribution in [2.45, 2.75) is 52.0 Å². The highest BCUT2D eigenvalue weighted by molar-refractivity contribution is 6.32. The molecule has 1 aromatic carbocycles. The molecule has 0 bridgehead atoms. The molecule has 1 saturated heterocycles. The van der Waals surface area contributed by atoms with Gasteiger partial charge in [0.15, 0.2) is 0 Å². The SMILES string of the molecule is CCCN1c2cc(Cl)c(/C=C3\NC(=O)NC3=O)cc2C(C)CC1(C)C. The second-order valence-corrected chi connectivity index (χ2v) is 7.88. The normalized spacial score (nSPS) is 23.5. The summed E-state index contributed by atoms with van der Waals surface area (Å²) in [5, 5.41) is 5.28. The first-order chi connectivity index (χ1) is 11.7. The molecule has 0 radical (unpaired) electrons. The van der Waals surface area contributed by atoms with Crippen molar-refractivity contribution < 1.29 is 9.59 Å². The monoisotopic (exact) mass is 361 g/mol. The number of nitrogens with zero attached hydrogens (tertiary/aromatic N) is 1. The Kier molecular flexibility index (Phi) is 4.54. The molecular formula is C19H24ClN3O2. The Morgan fingerprint density at radius 3 is 2.64 bits per heavy atom. The number of hydrogen-bond acceptors (Lipinski definition) is 3. The molecule has 2 aliphatic rings. The first kappa shape index (κ1) is 17.8. The van der Waals surface area contributed by atoms with Gasteiger partial charge in [-0.2, -0.15) is 0 Å². The highest BCUT2D eigenvalue weighted by atomic mass is 35.5. The molecule has 1 atom stereocenters. The summed E-state index contributed by atoms with van der Waals surface area (Å²) in [6.45, 7) is 9.91. The molecule has 3 rings (SSSR count). The first-order valence-electron chi connectivity index (χ1n) is 8.68. The topological polar surface area (TPSA) is 61.4 Å². The second kappa shape index (κ2) is 6.37. The fraction of sp³-hybridized carbons (Fsp3) is 0.474. The number of amides is 3. The Balaban J connectivity index is 2.07. The van der Waals surface area contributed by atoms with Crippen LogP contribution in [-0.2, 0) is 4.79 Å². The van der Waals surface area contributed by atoms with Crippen molar-refractivity contribution in [2.24, 2.45) is 0 Å². The highest BCUT2D eigenvalue weighted by Gasteiger charge is 2.36. The molecule has 0 saturated carbocycles. The van der Waals surface area contributed by atoms with E-state index in [9.17, 15) is 9.59 Å². The Bertz CT molecular complexity index is 770. The van der Waals surface area contributed by atoms with Gasteiger partial charge in [0, 0.05) is 22.8 Å². The zero-order chi connectivity index (χ0) is 18.4. The molecule has 6 heteroatoms. The largest absolute Gasteiger partial charge is 0.366 e. The number of fused-ring (bicyclic) bond motifs is 1. The van der Waals surface area contributed by atoms with Crippen LogP contribution in [0.15, 0.2) is 17.8 Å². The van der Waals surface area contributed by atoms with Crippen molar-refractivity contribution in [3.05, 3.63) is 34.0 Å². The molecule has 1 unspecified atom stereocenters. The number of benzene rings is 1. The van der Waals surface area contributed by atoms with Crippen LogP contribution >= 0.6 is 11.6 Å². The van der Waals surface area contributed by atoms with E-state index in [0.717, 1.165) is 30.6 Å². The van der Waals surface area contributed by atoms with E-state index in [1.165, 1.54) is 5.56 Å². The van der Waals surface area contributed by atoms with E-state index in [2.05, 4.69) is 43.2 Å². The molecule has 2 heterocycles. The third-order valence-electron chi connectivity index (χ3n) is 4.97. The Morgan fingerprint density at radius 2 is 2.04 bits per heavy atom. The molecule has 1 fully saturated rings. The number of urea groups is 1. The summed E-state index contributed by atoms with van der Waals surface area (Å²) in [7, 11) is 0. The number of imide groups is 1. The first-order valence-corrected chi connectivity index (χ1v) is 9.06. The Morgan fingerprint density at radius 1 is 1.32 bits per heavy atom. The zero-order valence-corrected chi connectivity index (χ0v) is 15.8. The number of anilines is 1. The standard InChI is InChI=1S/C19H24ClN3O2/c1-5-6-23-16-9-14(20)12(8-15-17(24)22-18(25)21-15)7-13(16)11(2)10-19(23,3)4/h7-9,11H,5-6,10H2,1-4H3,(H2,21,22,24,25)/b15-8-. The maximum atomic E-state index is 11.8. The number of halogens is 1. The lowest BCUT2D eigenvalue weighted by Crippen LogP contribution is -2.48. The van der Waals surface area contributed by atoms with Crippen LogP contribution in [0.5, 0.6) is 0 Å². The fourth-order valence-electron chi connectivity index (χ4n) is 3.92. The molecule has 5 nitrogen and oxygen atoms in total. The summed E-state index contributed by atoms with van der Waals surface area (Å²) < 4.78 is 0. The van der Waals surface area contributed by atoms with Gasteiger partial charge in [-0.3, -0.25) is 10.1 Å². The van der Waals surface area contributed by atoms with Gasteiger partial charge in [-0.05, 0) is 61.9 Å². The van der Waals surface area contributed by atoms with Gasteiger partial charge in [0.1, 0.15) is 5.70 Å².